The summed E-state index contributed by atoms with van der Waals surface area (Å²) in [5, 5.41) is 10.1. The Hall–Kier alpha value is -3.32. The highest BCUT2D eigenvalue weighted by Gasteiger charge is 2.13. The number of carbonyl (C=O) groups excluding carboxylic acids is 1. The van der Waals surface area contributed by atoms with Gasteiger partial charge in [-0.15, -0.1) is 0 Å². The van der Waals surface area contributed by atoms with Crippen LogP contribution in [0.5, 0.6) is 5.75 Å². The molecule has 0 spiro atoms. The average molecular weight is 382 g/mol. The van der Waals surface area contributed by atoms with Crippen LogP contribution in [0.15, 0.2) is 42.5 Å². The molecule has 4 rings (SSSR count). The molecule has 0 aliphatic heterocycles. The van der Waals surface area contributed by atoms with Crippen LogP contribution in [-0.2, 0) is 0 Å². The molecule has 7 nitrogen and oxygen atoms in total. The van der Waals surface area contributed by atoms with E-state index in [2.05, 4.69) is 25.5 Å². The molecule has 2 aromatic carbocycles. The Morgan fingerprint density at radius 3 is 2.81 bits per heavy atom. The second-order valence-electron chi connectivity index (χ2n) is 6.03. The number of carbonyl (C=O) groups is 1. The van der Waals surface area contributed by atoms with Crippen molar-refractivity contribution in [1.82, 2.24) is 20.2 Å². The van der Waals surface area contributed by atoms with Crippen LogP contribution in [0.4, 0.5) is 5.82 Å². The molecule has 0 aliphatic rings. The van der Waals surface area contributed by atoms with Gasteiger partial charge < -0.3 is 15.0 Å². The molecule has 0 atom stereocenters. The quantitative estimate of drug-likeness (QED) is 0.494. The summed E-state index contributed by atoms with van der Waals surface area (Å²) in [6.07, 6.45) is 0. The molecule has 0 saturated heterocycles. The molecule has 0 aliphatic carbocycles. The lowest BCUT2D eigenvalue weighted by atomic mass is 10.2. The Bertz CT molecular complexity index is 1150. The summed E-state index contributed by atoms with van der Waals surface area (Å²) in [6.45, 7) is 2.01. The number of methoxy groups -OCH3 is 1. The summed E-state index contributed by atoms with van der Waals surface area (Å²) in [7, 11) is 1.52. The predicted molar refractivity (Wildman–Crippen MR) is 104 cm³/mol. The van der Waals surface area contributed by atoms with E-state index >= 15 is 0 Å². The van der Waals surface area contributed by atoms with E-state index in [1.54, 1.807) is 24.3 Å². The van der Waals surface area contributed by atoms with Crippen LogP contribution in [-0.4, -0.2) is 33.2 Å². The Morgan fingerprint density at radius 1 is 1.22 bits per heavy atom. The van der Waals surface area contributed by atoms with Gasteiger partial charge in [-0.2, -0.15) is 5.10 Å². The van der Waals surface area contributed by atoms with Gasteiger partial charge >= 0.3 is 0 Å². The molecular formula is C19H16ClN5O2. The van der Waals surface area contributed by atoms with Crippen LogP contribution in [0.2, 0.25) is 5.02 Å². The molecule has 0 unspecified atom stereocenters. The third-order valence-corrected chi connectivity index (χ3v) is 4.50. The van der Waals surface area contributed by atoms with E-state index in [1.165, 1.54) is 7.11 Å². The number of aromatic nitrogens is 4. The first-order chi connectivity index (χ1) is 13.0. The summed E-state index contributed by atoms with van der Waals surface area (Å²) in [5.41, 5.74) is 4.01. The van der Waals surface area contributed by atoms with Crippen molar-refractivity contribution in [2.75, 3.05) is 12.4 Å². The first-order valence-corrected chi connectivity index (χ1v) is 8.59. The van der Waals surface area contributed by atoms with Gasteiger partial charge in [0.2, 0.25) is 0 Å². The van der Waals surface area contributed by atoms with E-state index < -0.39 is 0 Å². The summed E-state index contributed by atoms with van der Waals surface area (Å²) >= 11 is 6.07. The van der Waals surface area contributed by atoms with Gasteiger partial charge in [-0.25, -0.2) is 4.98 Å². The van der Waals surface area contributed by atoms with Crippen molar-refractivity contribution in [3.63, 3.8) is 0 Å². The van der Waals surface area contributed by atoms with Crippen molar-refractivity contribution >= 4 is 34.4 Å². The minimum atomic E-state index is -0.321. The number of amides is 1. The highest BCUT2D eigenvalue weighted by Crippen LogP contribution is 2.26. The van der Waals surface area contributed by atoms with Gasteiger partial charge in [0.05, 0.1) is 23.2 Å². The van der Waals surface area contributed by atoms with E-state index in [0.717, 1.165) is 16.6 Å². The second kappa shape index (κ2) is 6.77. The van der Waals surface area contributed by atoms with Gasteiger partial charge in [0, 0.05) is 11.6 Å². The zero-order chi connectivity index (χ0) is 19.0. The van der Waals surface area contributed by atoms with Crippen LogP contribution in [0.3, 0.4) is 0 Å². The number of benzene rings is 2. The highest BCUT2D eigenvalue weighted by atomic mass is 35.5. The predicted octanol–water partition coefficient (Wildman–Crippen LogP) is 4.18. The Morgan fingerprint density at radius 2 is 2.07 bits per heavy atom. The van der Waals surface area contributed by atoms with Crippen LogP contribution < -0.4 is 10.1 Å². The number of anilines is 1. The molecule has 3 N–H and O–H groups in total. The van der Waals surface area contributed by atoms with Gasteiger partial charge in [-0.3, -0.25) is 9.89 Å². The van der Waals surface area contributed by atoms with E-state index in [-0.39, 0.29) is 5.91 Å². The molecule has 2 heterocycles. The summed E-state index contributed by atoms with van der Waals surface area (Å²) in [6, 6.07) is 12.5. The summed E-state index contributed by atoms with van der Waals surface area (Å²) < 4.78 is 5.09. The number of rotatable bonds is 4. The van der Waals surface area contributed by atoms with Crippen molar-refractivity contribution in [1.29, 1.82) is 0 Å². The van der Waals surface area contributed by atoms with Crippen molar-refractivity contribution in [3.05, 3.63) is 58.6 Å². The second-order valence-corrected chi connectivity index (χ2v) is 6.43. The first-order valence-electron chi connectivity index (χ1n) is 8.21. The van der Waals surface area contributed by atoms with Crippen molar-refractivity contribution in [2.45, 2.75) is 6.92 Å². The fraction of sp³-hybridized carbons (Fsp3) is 0.105. The Balaban J connectivity index is 1.56. The van der Waals surface area contributed by atoms with Crippen LogP contribution >= 0.6 is 11.6 Å². The number of aromatic amines is 2. The minimum Gasteiger partial charge on any atom is -0.495 e. The molecule has 0 bridgehead atoms. The minimum absolute atomic E-state index is 0.321. The topological polar surface area (TPSA) is 95.7 Å². The highest BCUT2D eigenvalue weighted by molar-refractivity contribution is 6.32. The molecule has 1 amide bonds. The molecule has 27 heavy (non-hydrogen) atoms. The average Bonchev–Trinajstić information content (AvgIpc) is 3.29. The van der Waals surface area contributed by atoms with Gasteiger partial charge in [0.1, 0.15) is 11.4 Å². The molecule has 4 aromatic rings. The van der Waals surface area contributed by atoms with E-state index in [9.17, 15) is 4.79 Å². The van der Waals surface area contributed by atoms with Crippen LogP contribution in [0.1, 0.15) is 15.9 Å². The van der Waals surface area contributed by atoms with E-state index in [4.69, 9.17) is 16.3 Å². The third-order valence-electron chi connectivity index (χ3n) is 4.20. The monoisotopic (exact) mass is 381 g/mol. The number of fused-ring (bicyclic) bond motifs is 1. The zero-order valence-corrected chi connectivity index (χ0v) is 15.4. The molecule has 8 heteroatoms. The number of aryl methyl sites for hydroxylation is 1. The lowest BCUT2D eigenvalue weighted by Gasteiger charge is -2.05. The normalized spacial score (nSPS) is 10.9. The maximum absolute atomic E-state index is 12.4. The largest absolute Gasteiger partial charge is 0.495 e. The van der Waals surface area contributed by atoms with E-state index in [0.29, 0.717) is 33.7 Å². The first kappa shape index (κ1) is 17.1. The van der Waals surface area contributed by atoms with Crippen LogP contribution in [0.25, 0.3) is 22.6 Å². The molecular weight excluding hydrogens is 366 g/mol. The molecule has 0 saturated carbocycles. The fourth-order valence-corrected chi connectivity index (χ4v) is 3.06. The number of para-hydroxylation sites is 1. The fourth-order valence-electron chi connectivity index (χ4n) is 2.81. The number of imidazole rings is 1. The number of hydrogen-bond acceptors (Lipinski definition) is 4. The van der Waals surface area contributed by atoms with Crippen molar-refractivity contribution in [2.24, 2.45) is 0 Å². The van der Waals surface area contributed by atoms with Gasteiger partial charge in [0.25, 0.3) is 5.91 Å². The molecule has 2 aromatic heterocycles. The smallest absolute Gasteiger partial charge is 0.256 e. The number of H-pyrrole nitrogens is 2. The van der Waals surface area contributed by atoms with Crippen molar-refractivity contribution in [3.8, 4) is 17.3 Å². The van der Waals surface area contributed by atoms with Gasteiger partial charge in [-0.1, -0.05) is 23.7 Å². The van der Waals surface area contributed by atoms with Gasteiger partial charge in [-0.05, 0) is 36.8 Å². The molecule has 136 valence electrons. The maximum Gasteiger partial charge on any atom is 0.256 e. The number of nitrogens with one attached hydrogen (secondary N) is 3. The SMILES string of the molecule is COc1ccc(C(=O)Nc2cc(-c3nc4c(C)cccc4[nH]3)[nH]n2)cc1Cl. The van der Waals surface area contributed by atoms with E-state index in [1.807, 2.05) is 25.1 Å². The lowest BCUT2D eigenvalue weighted by Crippen LogP contribution is -2.12. The Kier molecular flexibility index (Phi) is 4.29. The van der Waals surface area contributed by atoms with Crippen molar-refractivity contribution < 1.29 is 9.53 Å². The number of nitrogens with zero attached hydrogens (tertiary/aromatic N) is 2. The number of halogens is 1. The standard InChI is InChI=1S/C19H16ClN5O2/c1-10-4-3-5-13-17(10)23-18(21-13)14-9-16(25-24-14)22-19(26)11-6-7-15(27-2)12(20)8-11/h3-9H,1-2H3,(H,21,23)(H2,22,24,25,26). The maximum atomic E-state index is 12.4. The third kappa shape index (κ3) is 3.24. The molecule has 0 radical (unpaired) electrons. The zero-order valence-electron chi connectivity index (χ0n) is 14.6. The summed E-state index contributed by atoms with van der Waals surface area (Å²) in [5.74, 6) is 1.23. The lowest BCUT2D eigenvalue weighted by molar-refractivity contribution is 0.102. The number of ether oxygens (including phenoxy) is 1. The molecule has 0 fully saturated rings. The van der Waals surface area contributed by atoms with Gasteiger partial charge in [0.15, 0.2) is 11.6 Å². The summed E-state index contributed by atoms with van der Waals surface area (Å²) in [4.78, 5) is 20.2. The number of hydrogen-bond donors (Lipinski definition) is 3. The van der Waals surface area contributed by atoms with Crippen LogP contribution in [0, 0.1) is 6.92 Å². The Labute approximate surface area is 159 Å².